The van der Waals surface area contributed by atoms with E-state index in [1.54, 1.807) is 20.1 Å². The molecule has 6 atom stereocenters. The fraction of sp³-hybridized carbons (Fsp3) is 0.649. The van der Waals surface area contributed by atoms with Gasteiger partial charge >= 0.3 is 0 Å². The quantitative estimate of drug-likeness (QED) is 0.401. The molecule has 1 saturated heterocycles. The molecule has 1 N–H and O–H groups in total. The molecule has 0 radical (unpaired) electrons. The lowest BCUT2D eigenvalue weighted by Crippen LogP contribution is -2.51. The third kappa shape index (κ3) is 6.60. The number of ether oxygens (including phenoxy) is 4. The van der Waals surface area contributed by atoms with Gasteiger partial charge in [-0.25, -0.2) is 13.1 Å². The normalized spacial score (nSPS) is 35.3. The Morgan fingerprint density at radius 1 is 1.00 bits per heavy atom. The molecule has 7 rings (SSSR count). The molecule has 262 valence electrons. The van der Waals surface area contributed by atoms with E-state index >= 15 is 0 Å². The van der Waals surface area contributed by atoms with Gasteiger partial charge in [0.2, 0.25) is 10.0 Å². The molecule has 11 heteroatoms. The second-order valence-corrected chi connectivity index (χ2v) is 17.4. The number of amides is 1. The van der Waals surface area contributed by atoms with Gasteiger partial charge in [0.05, 0.1) is 30.8 Å². The highest BCUT2D eigenvalue weighted by molar-refractivity contribution is 7.90. The summed E-state index contributed by atoms with van der Waals surface area (Å²) in [5.41, 5.74) is 3.45. The second kappa shape index (κ2) is 13.7. The van der Waals surface area contributed by atoms with Crippen LogP contribution in [0.3, 0.4) is 0 Å². The Balaban J connectivity index is 1.27. The van der Waals surface area contributed by atoms with Crippen LogP contribution < -0.4 is 14.4 Å². The van der Waals surface area contributed by atoms with Crippen molar-refractivity contribution in [1.29, 1.82) is 0 Å². The van der Waals surface area contributed by atoms with Gasteiger partial charge in [0.1, 0.15) is 11.9 Å². The highest BCUT2D eigenvalue weighted by atomic mass is 35.5. The molecule has 2 aromatic carbocycles. The summed E-state index contributed by atoms with van der Waals surface area (Å²) in [4.78, 5) is 16.0. The molecule has 2 aromatic rings. The topological polar surface area (TPSA) is 103 Å². The summed E-state index contributed by atoms with van der Waals surface area (Å²) in [5.74, 6) is 0.962. The van der Waals surface area contributed by atoms with Crippen molar-refractivity contribution in [1.82, 2.24) is 4.72 Å². The van der Waals surface area contributed by atoms with Gasteiger partial charge < -0.3 is 23.8 Å². The van der Waals surface area contributed by atoms with E-state index in [2.05, 4.69) is 21.8 Å². The monoisotopic (exact) mass is 700 g/mol. The van der Waals surface area contributed by atoms with E-state index in [4.69, 9.17) is 30.5 Å². The molecule has 48 heavy (non-hydrogen) atoms. The van der Waals surface area contributed by atoms with Crippen LogP contribution in [0.1, 0.15) is 80.3 Å². The fourth-order valence-electron chi connectivity index (χ4n) is 8.86. The van der Waals surface area contributed by atoms with Gasteiger partial charge in [-0.05, 0) is 111 Å². The zero-order chi connectivity index (χ0) is 33.6. The number of aryl methyl sites for hydroxylation is 1. The van der Waals surface area contributed by atoms with Crippen molar-refractivity contribution < 1.29 is 32.2 Å². The van der Waals surface area contributed by atoms with Crippen molar-refractivity contribution >= 4 is 33.2 Å². The molecule has 1 amide bonds. The molecule has 1 saturated carbocycles. The Morgan fingerprint density at radius 2 is 1.81 bits per heavy atom. The van der Waals surface area contributed by atoms with E-state index in [9.17, 15) is 13.2 Å². The molecule has 2 fully saturated rings. The van der Waals surface area contributed by atoms with Gasteiger partial charge in [-0.1, -0.05) is 31.0 Å². The average molecular weight is 701 g/mol. The molecule has 0 unspecified atom stereocenters. The van der Waals surface area contributed by atoms with Crippen LogP contribution in [0.15, 0.2) is 36.4 Å². The predicted octanol–water partition coefficient (Wildman–Crippen LogP) is 6.11. The van der Waals surface area contributed by atoms with Gasteiger partial charge in [0.15, 0.2) is 6.29 Å². The summed E-state index contributed by atoms with van der Waals surface area (Å²) in [6, 6.07) is 11.6. The zero-order valence-electron chi connectivity index (χ0n) is 28.3. The first-order valence-corrected chi connectivity index (χ1v) is 19.6. The van der Waals surface area contributed by atoms with Crippen molar-refractivity contribution in [3.8, 4) is 5.75 Å². The first-order valence-electron chi connectivity index (χ1n) is 17.7. The highest BCUT2D eigenvalue weighted by Crippen LogP contribution is 2.49. The van der Waals surface area contributed by atoms with Crippen LogP contribution in [0.4, 0.5) is 5.69 Å². The fourth-order valence-corrected chi connectivity index (χ4v) is 10.4. The molecule has 1 spiro atoms. The third-order valence-electron chi connectivity index (χ3n) is 12.1. The Hall–Kier alpha value is -2.37. The van der Waals surface area contributed by atoms with Crippen molar-refractivity contribution in [2.45, 2.75) is 88.3 Å². The number of carbonyl (C=O) groups is 1. The number of rotatable bonds is 2. The summed E-state index contributed by atoms with van der Waals surface area (Å²) in [6.45, 7) is 6.71. The van der Waals surface area contributed by atoms with Crippen LogP contribution in [-0.2, 0) is 36.1 Å². The number of sulfonamides is 1. The van der Waals surface area contributed by atoms with Crippen LogP contribution in [0.25, 0.3) is 0 Å². The number of fused-ring (bicyclic) bond motifs is 4. The SMILES string of the molecule is COC1COC([C@H]2CCC[C@H](C)[C@@H](C)S(=O)(=O)NC(=O)c3ccc4c(c3)N(C[C@@H]3CC[C@H]32)C[C@@]2(CCCc3cc(Cl)ccc32)CO4)OC1. The van der Waals surface area contributed by atoms with E-state index in [1.165, 1.54) is 11.1 Å². The van der Waals surface area contributed by atoms with E-state index in [0.29, 0.717) is 43.0 Å². The molecular formula is C37H49ClN2O7S. The molecule has 2 aliphatic carbocycles. The van der Waals surface area contributed by atoms with Crippen LogP contribution in [0, 0.1) is 23.7 Å². The average Bonchev–Trinajstić information content (AvgIpc) is 3.21. The number of nitrogens with one attached hydrogen (secondary N) is 1. The summed E-state index contributed by atoms with van der Waals surface area (Å²) in [6.07, 6.45) is 7.28. The molecule has 0 aromatic heterocycles. The first kappa shape index (κ1) is 34.1. The van der Waals surface area contributed by atoms with Gasteiger partial charge in [-0.3, -0.25) is 4.79 Å². The zero-order valence-corrected chi connectivity index (χ0v) is 29.9. The minimum Gasteiger partial charge on any atom is -0.490 e. The largest absolute Gasteiger partial charge is 0.490 e. The number of benzene rings is 2. The number of halogens is 1. The maximum atomic E-state index is 13.5. The number of hydrogen-bond donors (Lipinski definition) is 1. The Kier molecular flexibility index (Phi) is 9.76. The molecule has 3 aliphatic heterocycles. The minimum atomic E-state index is -3.91. The van der Waals surface area contributed by atoms with E-state index in [1.807, 2.05) is 25.1 Å². The lowest BCUT2D eigenvalue weighted by atomic mass is 9.64. The number of carbonyl (C=O) groups excluding carboxylic acids is 1. The van der Waals surface area contributed by atoms with Gasteiger partial charge in [-0.2, -0.15) is 0 Å². The van der Waals surface area contributed by atoms with Gasteiger partial charge in [0, 0.05) is 42.1 Å². The summed E-state index contributed by atoms with van der Waals surface area (Å²) in [5, 5.41) is 0.0181. The molecule has 5 aliphatic rings. The van der Waals surface area contributed by atoms with E-state index in [0.717, 1.165) is 75.2 Å². The summed E-state index contributed by atoms with van der Waals surface area (Å²) < 4.78 is 54.1. The second-order valence-electron chi connectivity index (χ2n) is 14.9. The summed E-state index contributed by atoms with van der Waals surface area (Å²) >= 11 is 6.46. The van der Waals surface area contributed by atoms with Crippen LogP contribution >= 0.6 is 11.6 Å². The van der Waals surface area contributed by atoms with Crippen molar-refractivity contribution in [3.05, 3.63) is 58.1 Å². The predicted molar refractivity (Wildman–Crippen MR) is 185 cm³/mol. The summed E-state index contributed by atoms with van der Waals surface area (Å²) in [7, 11) is -2.22. The first-order chi connectivity index (χ1) is 23.1. The molecule has 2 bridgehead atoms. The van der Waals surface area contributed by atoms with Crippen molar-refractivity contribution in [2.24, 2.45) is 23.7 Å². The Labute approximate surface area is 290 Å². The highest BCUT2D eigenvalue weighted by Gasteiger charge is 2.46. The lowest BCUT2D eigenvalue weighted by Gasteiger charge is -2.48. The molecule has 9 nitrogen and oxygen atoms in total. The standard InChI is InChI=1S/C37H49ClN2O7S/c1-23-6-4-8-31(36-45-19-29(44-3)20-46-36)30-12-9-27(30)18-40-21-37(15-5-7-25-16-28(38)11-13-32(25)37)22-47-34-14-10-26(17-33(34)40)35(41)39-48(42,43)24(23)2/h10-11,13-14,16-17,23-24,27,29-31,36H,4-9,12,15,18-22H2,1-3H3,(H,39,41)/t23-,24+,27-,29?,30+,31-,36?,37-/m0/s1. The van der Waals surface area contributed by atoms with Crippen molar-refractivity contribution in [2.75, 3.05) is 44.9 Å². The number of hydrogen-bond acceptors (Lipinski definition) is 8. The van der Waals surface area contributed by atoms with Crippen LogP contribution in [0.5, 0.6) is 5.75 Å². The number of anilines is 1. The minimum absolute atomic E-state index is 0.0711. The van der Waals surface area contributed by atoms with Gasteiger partial charge in [-0.15, -0.1) is 0 Å². The Morgan fingerprint density at radius 3 is 2.56 bits per heavy atom. The van der Waals surface area contributed by atoms with E-state index in [-0.39, 0.29) is 29.6 Å². The van der Waals surface area contributed by atoms with Gasteiger partial charge in [0.25, 0.3) is 5.91 Å². The number of nitrogens with zero attached hydrogens (tertiary/aromatic N) is 1. The van der Waals surface area contributed by atoms with E-state index < -0.39 is 21.2 Å². The maximum Gasteiger partial charge on any atom is 0.264 e. The molecule has 3 heterocycles. The third-order valence-corrected chi connectivity index (χ3v) is 14.2. The van der Waals surface area contributed by atoms with Crippen LogP contribution in [0.2, 0.25) is 5.02 Å². The Bertz CT molecular complexity index is 1610. The van der Waals surface area contributed by atoms with Crippen molar-refractivity contribution in [3.63, 3.8) is 0 Å². The maximum absolute atomic E-state index is 13.5. The lowest BCUT2D eigenvalue weighted by molar-refractivity contribution is -0.255. The molecular weight excluding hydrogens is 652 g/mol. The number of methoxy groups -OCH3 is 1. The van der Waals surface area contributed by atoms with Crippen LogP contribution in [-0.4, -0.2) is 72.0 Å². The smallest absolute Gasteiger partial charge is 0.264 e.